The van der Waals surface area contributed by atoms with Gasteiger partial charge in [-0.15, -0.1) is 0 Å². The van der Waals surface area contributed by atoms with Crippen LogP contribution in [0.2, 0.25) is 0 Å². The monoisotopic (exact) mass is 362 g/mol. The van der Waals surface area contributed by atoms with E-state index in [9.17, 15) is 22.8 Å². The third-order valence-corrected chi connectivity index (χ3v) is 4.35. The number of benzene rings is 2. The zero-order valence-electron chi connectivity index (χ0n) is 13.8. The molecule has 2 aromatic carbocycles. The molecule has 1 saturated heterocycles. The van der Waals surface area contributed by atoms with Gasteiger partial charge in [0.05, 0.1) is 11.6 Å². The van der Waals surface area contributed by atoms with E-state index in [2.05, 4.69) is 5.32 Å². The van der Waals surface area contributed by atoms with E-state index in [4.69, 9.17) is 0 Å². The average Bonchev–Trinajstić information content (AvgIpc) is 2.98. The lowest BCUT2D eigenvalue weighted by atomic mass is 10.1. The summed E-state index contributed by atoms with van der Waals surface area (Å²) in [6.45, 7) is 0.252. The number of hydrogen-bond acceptors (Lipinski definition) is 2. The van der Waals surface area contributed by atoms with Crippen LogP contribution in [0.4, 0.5) is 18.9 Å². The zero-order chi connectivity index (χ0) is 18.7. The lowest BCUT2D eigenvalue weighted by Crippen LogP contribution is -2.34. The highest BCUT2D eigenvalue weighted by atomic mass is 19.1. The SMILES string of the molecule is O=C(NCCc1ccccc1F)C1CC(=O)N(c2ccc(F)cc2F)C1. The molecule has 0 spiro atoms. The van der Waals surface area contributed by atoms with Gasteiger partial charge in [0.25, 0.3) is 0 Å². The van der Waals surface area contributed by atoms with Crippen LogP contribution in [0.5, 0.6) is 0 Å². The molecule has 1 aliphatic heterocycles. The van der Waals surface area contributed by atoms with E-state index in [1.165, 1.54) is 12.1 Å². The van der Waals surface area contributed by atoms with E-state index < -0.39 is 23.5 Å². The molecule has 1 unspecified atom stereocenters. The van der Waals surface area contributed by atoms with Gasteiger partial charge in [-0.3, -0.25) is 9.59 Å². The largest absolute Gasteiger partial charge is 0.355 e. The summed E-state index contributed by atoms with van der Waals surface area (Å²) in [6, 6.07) is 9.23. The molecule has 0 aromatic heterocycles. The lowest BCUT2D eigenvalue weighted by molar-refractivity contribution is -0.126. The Morgan fingerprint density at radius 3 is 2.62 bits per heavy atom. The predicted octanol–water partition coefficient (Wildman–Crippen LogP) is 2.82. The molecule has 1 heterocycles. The maximum Gasteiger partial charge on any atom is 0.227 e. The van der Waals surface area contributed by atoms with Crippen molar-refractivity contribution < 1.29 is 22.8 Å². The van der Waals surface area contributed by atoms with Crippen LogP contribution < -0.4 is 10.2 Å². The Labute approximate surface area is 148 Å². The Hall–Kier alpha value is -2.83. The smallest absolute Gasteiger partial charge is 0.227 e. The van der Waals surface area contributed by atoms with Crippen molar-refractivity contribution in [1.29, 1.82) is 0 Å². The molecular weight excluding hydrogens is 345 g/mol. The van der Waals surface area contributed by atoms with Gasteiger partial charge in [0.2, 0.25) is 11.8 Å². The normalized spacial score (nSPS) is 16.8. The molecule has 7 heteroatoms. The summed E-state index contributed by atoms with van der Waals surface area (Å²) in [5, 5.41) is 2.68. The fraction of sp³-hybridized carbons (Fsp3) is 0.263. The van der Waals surface area contributed by atoms with Gasteiger partial charge in [0.1, 0.15) is 17.5 Å². The highest BCUT2D eigenvalue weighted by molar-refractivity contribution is 6.00. The van der Waals surface area contributed by atoms with Gasteiger partial charge in [0.15, 0.2) is 0 Å². The summed E-state index contributed by atoms with van der Waals surface area (Å²) in [4.78, 5) is 25.5. The number of anilines is 1. The maximum absolute atomic E-state index is 13.9. The molecule has 1 fully saturated rings. The van der Waals surface area contributed by atoms with Crippen LogP contribution in [-0.4, -0.2) is 24.9 Å². The van der Waals surface area contributed by atoms with Crippen molar-refractivity contribution in [2.75, 3.05) is 18.0 Å². The fourth-order valence-electron chi connectivity index (χ4n) is 2.98. The van der Waals surface area contributed by atoms with Gasteiger partial charge in [-0.2, -0.15) is 0 Å². The van der Waals surface area contributed by atoms with E-state index in [-0.39, 0.29) is 36.9 Å². The molecular formula is C19H17F3N2O2. The Bertz CT molecular complexity index is 841. The van der Waals surface area contributed by atoms with E-state index in [0.29, 0.717) is 18.1 Å². The van der Waals surface area contributed by atoms with E-state index in [1.54, 1.807) is 18.2 Å². The van der Waals surface area contributed by atoms with Gasteiger partial charge in [-0.05, 0) is 30.2 Å². The summed E-state index contributed by atoms with van der Waals surface area (Å²) in [7, 11) is 0. The van der Waals surface area contributed by atoms with Crippen LogP contribution in [0.3, 0.4) is 0 Å². The van der Waals surface area contributed by atoms with Crippen LogP contribution in [0.25, 0.3) is 0 Å². The quantitative estimate of drug-likeness (QED) is 0.889. The molecule has 0 bridgehead atoms. The van der Waals surface area contributed by atoms with Crippen molar-refractivity contribution in [1.82, 2.24) is 5.32 Å². The number of rotatable bonds is 5. The number of hydrogen-bond donors (Lipinski definition) is 1. The summed E-state index contributed by atoms with van der Waals surface area (Å²) >= 11 is 0. The third kappa shape index (κ3) is 3.87. The van der Waals surface area contributed by atoms with Crippen LogP contribution in [0.15, 0.2) is 42.5 Å². The molecule has 26 heavy (non-hydrogen) atoms. The lowest BCUT2D eigenvalue weighted by Gasteiger charge is -2.17. The van der Waals surface area contributed by atoms with Crippen molar-refractivity contribution in [3.8, 4) is 0 Å². The minimum Gasteiger partial charge on any atom is -0.355 e. The van der Waals surface area contributed by atoms with Gasteiger partial charge < -0.3 is 10.2 Å². The fourth-order valence-corrected chi connectivity index (χ4v) is 2.98. The van der Waals surface area contributed by atoms with Gasteiger partial charge >= 0.3 is 0 Å². The van der Waals surface area contributed by atoms with Crippen molar-refractivity contribution in [3.63, 3.8) is 0 Å². The number of carbonyl (C=O) groups excluding carboxylic acids is 2. The second-order valence-electron chi connectivity index (χ2n) is 6.13. The van der Waals surface area contributed by atoms with Crippen molar-refractivity contribution in [2.24, 2.45) is 5.92 Å². The first kappa shape index (κ1) is 18.0. The Morgan fingerprint density at radius 2 is 1.88 bits per heavy atom. The van der Waals surface area contributed by atoms with Gasteiger partial charge in [0, 0.05) is 25.6 Å². The topological polar surface area (TPSA) is 49.4 Å². The second kappa shape index (κ2) is 7.59. The van der Waals surface area contributed by atoms with Crippen molar-refractivity contribution in [3.05, 3.63) is 65.5 Å². The first-order valence-electron chi connectivity index (χ1n) is 8.22. The number of halogens is 3. The molecule has 1 N–H and O–H groups in total. The maximum atomic E-state index is 13.9. The molecule has 136 valence electrons. The third-order valence-electron chi connectivity index (χ3n) is 4.35. The molecule has 4 nitrogen and oxygen atoms in total. The summed E-state index contributed by atoms with van der Waals surface area (Å²) in [5.74, 6) is -3.30. The first-order valence-corrected chi connectivity index (χ1v) is 8.22. The Balaban J connectivity index is 1.58. The number of nitrogens with one attached hydrogen (secondary N) is 1. The van der Waals surface area contributed by atoms with Crippen LogP contribution in [-0.2, 0) is 16.0 Å². The average molecular weight is 362 g/mol. The highest BCUT2D eigenvalue weighted by Gasteiger charge is 2.36. The molecule has 0 aliphatic carbocycles. The summed E-state index contributed by atoms with van der Waals surface area (Å²) < 4.78 is 40.4. The van der Waals surface area contributed by atoms with E-state index in [0.717, 1.165) is 11.0 Å². The first-order chi connectivity index (χ1) is 12.5. The standard InChI is InChI=1S/C19H17F3N2O2/c20-14-5-6-17(16(22)10-14)24-11-13(9-18(24)25)19(26)23-8-7-12-3-1-2-4-15(12)21/h1-6,10,13H,7-9,11H2,(H,23,26). The van der Waals surface area contributed by atoms with Crippen LogP contribution >= 0.6 is 0 Å². The molecule has 0 saturated carbocycles. The Kier molecular flexibility index (Phi) is 5.25. The number of carbonyl (C=O) groups is 2. The zero-order valence-corrected chi connectivity index (χ0v) is 13.8. The summed E-state index contributed by atoms with van der Waals surface area (Å²) in [6.07, 6.45) is 0.276. The predicted molar refractivity (Wildman–Crippen MR) is 89.9 cm³/mol. The van der Waals surface area contributed by atoms with Crippen LogP contribution in [0, 0.1) is 23.4 Å². The minimum absolute atomic E-state index is 0.0208. The number of amides is 2. The van der Waals surface area contributed by atoms with Crippen molar-refractivity contribution in [2.45, 2.75) is 12.8 Å². The van der Waals surface area contributed by atoms with Gasteiger partial charge in [-0.25, -0.2) is 13.2 Å². The van der Waals surface area contributed by atoms with E-state index in [1.807, 2.05) is 0 Å². The molecule has 1 aliphatic rings. The second-order valence-corrected chi connectivity index (χ2v) is 6.13. The molecule has 3 rings (SSSR count). The van der Waals surface area contributed by atoms with Gasteiger partial charge in [-0.1, -0.05) is 18.2 Å². The molecule has 1 atom stereocenters. The Morgan fingerprint density at radius 1 is 1.12 bits per heavy atom. The number of nitrogens with zero attached hydrogens (tertiary/aromatic N) is 1. The molecule has 2 aromatic rings. The minimum atomic E-state index is -0.848. The summed E-state index contributed by atoms with van der Waals surface area (Å²) in [5.41, 5.74) is 0.448. The molecule has 2 amide bonds. The van der Waals surface area contributed by atoms with E-state index >= 15 is 0 Å². The highest BCUT2D eigenvalue weighted by Crippen LogP contribution is 2.28. The van der Waals surface area contributed by atoms with Crippen LogP contribution in [0.1, 0.15) is 12.0 Å². The van der Waals surface area contributed by atoms with Crippen molar-refractivity contribution >= 4 is 17.5 Å². The molecule has 0 radical (unpaired) electrons.